The highest BCUT2D eigenvalue weighted by atomic mass is 15.1. The molecule has 1 aliphatic carbocycles. The fourth-order valence-corrected chi connectivity index (χ4v) is 2.31. The van der Waals surface area contributed by atoms with Crippen LogP contribution in [-0.4, -0.2) is 16.1 Å². The molecule has 0 radical (unpaired) electrons. The van der Waals surface area contributed by atoms with Crippen molar-refractivity contribution in [3.63, 3.8) is 0 Å². The SMILES string of the molecule is CC(CN)c1cn(C2CCCCC2)cn1. The highest BCUT2D eigenvalue weighted by molar-refractivity contribution is 5.05. The molecule has 2 N–H and O–H groups in total. The number of aromatic nitrogens is 2. The molecule has 1 saturated carbocycles. The molecule has 15 heavy (non-hydrogen) atoms. The molecule has 0 saturated heterocycles. The number of nitrogens with two attached hydrogens (primary N) is 1. The lowest BCUT2D eigenvalue weighted by molar-refractivity contribution is 0.353. The lowest BCUT2D eigenvalue weighted by atomic mass is 9.95. The molecule has 1 aromatic rings. The predicted molar refractivity (Wildman–Crippen MR) is 61.8 cm³/mol. The molecule has 0 aromatic carbocycles. The van der Waals surface area contributed by atoms with Crippen LogP contribution in [0.5, 0.6) is 0 Å². The quantitative estimate of drug-likeness (QED) is 0.827. The van der Waals surface area contributed by atoms with Crippen LogP contribution in [0.15, 0.2) is 12.5 Å². The zero-order valence-corrected chi connectivity index (χ0v) is 9.52. The van der Waals surface area contributed by atoms with Crippen molar-refractivity contribution in [3.8, 4) is 0 Å². The van der Waals surface area contributed by atoms with Crippen molar-refractivity contribution in [1.29, 1.82) is 0 Å². The number of rotatable bonds is 3. The van der Waals surface area contributed by atoms with Gasteiger partial charge in [-0.15, -0.1) is 0 Å². The van der Waals surface area contributed by atoms with Gasteiger partial charge in [-0.2, -0.15) is 0 Å². The van der Waals surface area contributed by atoms with Crippen LogP contribution in [0.4, 0.5) is 0 Å². The Bertz CT molecular complexity index is 300. The fraction of sp³-hybridized carbons (Fsp3) is 0.750. The van der Waals surface area contributed by atoms with Gasteiger partial charge in [0.15, 0.2) is 0 Å². The minimum Gasteiger partial charge on any atom is -0.334 e. The first-order chi connectivity index (χ1) is 7.31. The van der Waals surface area contributed by atoms with E-state index in [-0.39, 0.29) is 0 Å². The van der Waals surface area contributed by atoms with Crippen LogP contribution in [0, 0.1) is 0 Å². The average molecular weight is 207 g/mol. The van der Waals surface area contributed by atoms with Gasteiger partial charge in [-0.05, 0) is 12.8 Å². The molecule has 1 atom stereocenters. The third kappa shape index (κ3) is 2.40. The van der Waals surface area contributed by atoms with Gasteiger partial charge in [0.05, 0.1) is 12.0 Å². The van der Waals surface area contributed by atoms with Gasteiger partial charge in [0.1, 0.15) is 0 Å². The molecule has 0 bridgehead atoms. The van der Waals surface area contributed by atoms with E-state index in [2.05, 4.69) is 22.7 Å². The van der Waals surface area contributed by atoms with Gasteiger partial charge in [-0.3, -0.25) is 0 Å². The lowest BCUT2D eigenvalue weighted by Crippen LogP contribution is -2.11. The lowest BCUT2D eigenvalue weighted by Gasteiger charge is -2.22. The number of nitrogens with zero attached hydrogens (tertiary/aromatic N) is 2. The van der Waals surface area contributed by atoms with Crippen LogP contribution in [0.1, 0.15) is 56.7 Å². The van der Waals surface area contributed by atoms with Crippen molar-refractivity contribution in [2.24, 2.45) is 5.73 Å². The summed E-state index contributed by atoms with van der Waals surface area (Å²) in [6.45, 7) is 2.81. The van der Waals surface area contributed by atoms with Gasteiger partial charge in [-0.25, -0.2) is 4.98 Å². The number of hydrogen-bond acceptors (Lipinski definition) is 2. The van der Waals surface area contributed by atoms with Crippen LogP contribution in [0.2, 0.25) is 0 Å². The molecule has 3 heteroatoms. The summed E-state index contributed by atoms with van der Waals surface area (Å²) in [5.41, 5.74) is 6.78. The van der Waals surface area contributed by atoms with E-state index in [0.29, 0.717) is 18.5 Å². The number of imidazole rings is 1. The van der Waals surface area contributed by atoms with E-state index >= 15 is 0 Å². The first-order valence-corrected chi connectivity index (χ1v) is 6.04. The Morgan fingerprint density at radius 2 is 2.20 bits per heavy atom. The molecule has 3 nitrogen and oxygen atoms in total. The van der Waals surface area contributed by atoms with Crippen molar-refractivity contribution < 1.29 is 0 Å². The molecule has 1 aromatic heterocycles. The van der Waals surface area contributed by atoms with Crippen molar-refractivity contribution >= 4 is 0 Å². The molecule has 1 aliphatic rings. The molecule has 0 amide bonds. The zero-order valence-electron chi connectivity index (χ0n) is 9.52. The fourth-order valence-electron chi connectivity index (χ4n) is 2.31. The molecule has 0 spiro atoms. The second kappa shape index (κ2) is 4.79. The van der Waals surface area contributed by atoms with Gasteiger partial charge < -0.3 is 10.3 Å². The van der Waals surface area contributed by atoms with Crippen LogP contribution >= 0.6 is 0 Å². The summed E-state index contributed by atoms with van der Waals surface area (Å²) in [5, 5.41) is 0. The predicted octanol–water partition coefficient (Wildman–Crippen LogP) is 2.45. The Morgan fingerprint density at radius 3 is 2.87 bits per heavy atom. The topological polar surface area (TPSA) is 43.8 Å². The molecule has 1 fully saturated rings. The summed E-state index contributed by atoms with van der Waals surface area (Å²) in [5.74, 6) is 0.384. The van der Waals surface area contributed by atoms with Gasteiger partial charge in [-0.1, -0.05) is 26.2 Å². The Balaban J connectivity index is 2.05. The smallest absolute Gasteiger partial charge is 0.0952 e. The van der Waals surface area contributed by atoms with E-state index in [1.807, 2.05) is 6.33 Å². The first-order valence-electron chi connectivity index (χ1n) is 6.04. The maximum atomic E-state index is 5.64. The van der Waals surface area contributed by atoms with Crippen LogP contribution < -0.4 is 5.73 Å². The molecule has 1 unspecified atom stereocenters. The van der Waals surface area contributed by atoms with Crippen molar-refractivity contribution in [2.45, 2.75) is 51.0 Å². The minimum atomic E-state index is 0.384. The van der Waals surface area contributed by atoms with Crippen molar-refractivity contribution in [3.05, 3.63) is 18.2 Å². The second-order valence-electron chi connectivity index (χ2n) is 4.67. The second-order valence-corrected chi connectivity index (χ2v) is 4.67. The Hall–Kier alpha value is -0.830. The average Bonchev–Trinajstić information content (AvgIpc) is 2.78. The van der Waals surface area contributed by atoms with E-state index in [1.54, 1.807) is 0 Å². The molecule has 0 aliphatic heterocycles. The van der Waals surface area contributed by atoms with E-state index < -0.39 is 0 Å². The molecule has 1 heterocycles. The maximum Gasteiger partial charge on any atom is 0.0952 e. The Morgan fingerprint density at radius 1 is 1.47 bits per heavy atom. The summed E-state index contributed by atoms with van der Waals surface area (Å²) in [6.07, 6.45) is 10.9. The standard InChI is InChI=1S/C12H21N3/c1-10(7-13)12-8-15(9-14-12)11-5-3-2-4-6-11/h8-11H,2-7,13H2,1H3. The van der Waals surface area contributed by atoms with E-state index in [0.717, 1.165) is 5.69 Å². The Labute approximate surface area is 91.7 Å². The van der Waals surface area contributed by atoms with Crippen LogP contribution in [-0.2, 0) is 0 Å². The molecule has 84 valence electrons. The number of hydrogen-bond donors (Lipinski definition) is 1. The van der Waals surface area contributed by atoms with Gasteiger partial charge in [0.25, 0.3) is 0 Å². The summed E-state index contributed by atoms with van der Waals surface area (Å²) < 4.78 is 2.29. The minimum absolute atomic E-state index is 0.384. The van der Waals surface area contributed by atoms with Crippen LogP contribution in [0.25, 0.3) is 0 Å². The van der Waals surface area contributed by atoms with E-state index in [4.69, 9.17) is 5.73 Å². The summed E-state index contributed by atoms with van der Waals surface area (Å²) in [6, 6.07) is 0.685. The highest BCUT2D eigenvalue weighted by Crippen LogP contribution is 2.28. The normalized spacial score (nSPS) is 20.4. The van der Waals surface area contributed by atoms with E-state index in [9.17, 15) is 0 Å². The molecular weight excluding hydrogens is 186 g/mol. The zero-order chi connectivity index (χ0) is 10.7. The monoisotopic (exact) mass is 207 g/mol. The largest absolute Gasteiger partial charge is 0.334 e. The first kappa shape index (κ1) is 10.7. The summed E-state index contributed by atoms with van der Waals surface area (Å²) in [7, 11) is 0. The third-order valence-electron chi connectivity index (χ3n) is 3.48. The third-order valence-corrected chi connectivity index (χ3v) is 3.48. The Kier molecular flexibility index (Phi) is 3.41. The molecular formula is C12H21N3. The summed E-state index contributed by atoms with van der Waals surface area (Å²) in [4.78, 5) is 4.45. The highest BCUT2D eigenvalue weighted by Gasteiger charge is 2.16. The maximum absolute atomic E-state index is 5.64. The van der Waals surface area contributed by atoms with Crippen LogP contribution in [0.3, 0.4) is 0 Å². The van der Waals surface area contributed by atoms with Gasteiger partial charge in [0, 0.05) is 24.7 Å². The van der Waals surface area contributed by atoms with Crippen molar-refractivity contribution in [2.75, 3.05) is 6.54 Å². The van der Waals surface area contributed by atoms with Crippen molar-refractivity contribution in [1.82, 2.24) is 9.55 Å². The van der Waals surface area contributed by atoms with Gasteiger partial charge in [0.2, 0.25) is 0 Å². The molecule has 2 rings (SSSR count). The van der Waals surface area contributed by atoms with E-state index in [1.165, 1.54) is 32.1 Å². The van der Waals surface area contributed by atoms with Gasteiger partial charge >= 0.3 is 0 Å². The summed E-state index contributed by atoms with van der Waals surface area (Å²) >= 11 is 0.